The molecule has 1 aliphatic rings. The van der Waals surface area contributed by atoms with Crippen LogP contribution < -0.4 is 10.2 Å². The van der Waals surface area contributed by atoms with Gasteiger partial charge < -0.3 is 10.2 Å². The molecule has 2 unspecified atom stereocenters. The van der Waals surface area contributed by atoms with Crippen molar-refractivity contribution in [2.24, 2.45) is 0 Å². The highest BCUT2D eigenvalue weighted by molar-refractivity contribution is 5.83. The molecule has 156 valence electrons. The quantitative estimate of drug-likeness (QED) is 0.805. The highest BCUT2D eigenvalue weighted by Gasteiger charge is 2.34. The van der Waals surface area contributed by atoms with Crippen molar-refractivity contribution in [2.45, 2.75) is 57.8 Å². The van der Waals surface area contributed by atoms with Gasteiger partial charge in [-0.05, 0) is 50.8 Å². The summed E-state index contributed by atoms with van der Waals surface area (Å²) < 4.78 is 39.6. The Kier molecular flexibility index (Phi) is 6.39. The van der Waals surface area contributed by atoms with Crippen molar-refractivity contribution >= 4 is 11.7 Å². The predicted molar refractivity (Wildman–Crippen MR) is 104 cm³/mol. The van der Waals surface area contributed by atoms with Crippen LogP contribution in [0.2, 0.25) is 0 Å². The zero-order chi connectivity index (χ0) is 21.0. The Hall–Kier alpha value is -2.64. The number of carbonyl (C=O) groups is 1. The molecule has 1 aliphatic heterocycles. The van der Waals surface area contributed by atoms with Crippen LogP contribution in [0.15, 0.2) is 36.7 Å². The first-order valence-electron chi connectivity index (χ1n) is 9.78. The second-order valence-corrected chi connectivity index (χ2v) is 7.44. The molecular formula is C21H25F3N4O. The second-order valence-electron chi connectivity index (χ2n) is 7.44. The van der Waals surface area contributed by atoms with Crippen molar-refractivity contribution in [1.29, 1.82) is 0 Å². The van der Waals surface area contributed by atoms with Crippen molar-refractivity contribution in [3.8, 4) is 0 Å². The number of piperidine rings is 1. The highest BCUT2D eigenvalue weighted by Crippen LogP contribution is 2.33. The van der Waals surface area contributed by atoms with Gasteiger partial charge in [0, 0.05) is 37.1 Å². The van der Waals surface area contributed by atoms with Gasteiger partial charge >= 0.3 is 6.18 Å². The summed E-state index contributed by atoms with van der Waals surface area (Å²) in [5.74, 6) is -0.319. The van der Waals surface area contributed by atoms with E-state index in [9.17, 15) is 18.0 Å². The number of carbonyl (C=O) groups excluding carboxylic acids is 1. The molecule has 0 saturated carbocycles. The fourth-order valence-electron chi connectivity index (χ4n) is 3.55. The topological polar surface area (TPSA) is 58.1 Å². The van der Waals surface area contributed by atoms with Gasteiger partial charge in [-0.1, -0.05) is 12.1 Å². The summed E-state index contributed by atoms with van der Waals surface area (Å²) in [6, 6.07) is 6.07. The lowest BCUT2D eigenvalue weighted by atomic mass is 10.0. The maximum absolute atomic E-state index is 13.2. The van der Waals surface area contributed by atoms with Gasteiger partial charge in [-0.2, -0.15) is 13.2 Å². The number of anilines is 1. The van der Waals surface area contributed by atoms with E-state index >= 15 is 0 Å². The summed E-state index contributed by atoms with van der Waals surface area (Å²) >= 11 is 0. The number of alkyl halides is 3. The van der Waals surface area contributed by atoms with E-state index in [-0.39, 0.29) is 18.5 Å². The average Bonchev–Trinajstić information content (AvgIpc) is 2.71. The first-order chi connectivity index (χ1) is 13.8. The van der Waals surface area contributed by atoms with Gasteiger partial charge in [0.2, 0.25) is 5.91 Å². The Labute approximate surface area is 168 Å². The third-order valence-electron chi connectivity index (χ3n) is 5.35. The van der Waals surface area contributed by atoms with E-state index < -0.39 is 17.8 Å². The van der Waals surface area contributed by atoms with Gasteiger partial charge in [-0.25, -0.2) is 4.98 Å². The molecule has 3 heterocycles. The standard InChI is InChI=1S/C21H25F3N4O/c1-14-6-3-4-11-28(14)19-17(8-9-18(27-19)21(22,23)24)13-26-20(29)15(2)16-7-5-10-25-12-16/h5,7-10,12,14-15H,3-4,6,11,13H2,1-2H3,(H,26,29). The van der Waals surface area contributed by atoms with E-state index in [1.54, 1.807) is 25.4 Å². The number of aromatic nitrogens is 2. The van der Waals surface area contributed by atoms with Crippen molar-refractivity contribution < 1.29 is 18.0 Å². The molecule has 2 aromatic heterocycles. The lowest BCUT2D eigenvalue weighted by Gasteiger charge is -2.36. The lowest BCUT2D eigenvalue weighted by molar-refractivity contribution is -0.141. The molecule has 5 nitrogen and oxygen atoms in total. The molecule has 1 saturated heterocycles. The van der Waals surface area contributed by atoms with E-state index in [0.29, 0.717) is 17.9 Å². The monoisotopic (exact) mass is 406 g/mol. The molecule has 1 N–H and O–H groups in total. The van der Waals surface area contributed by atoms with Gasteiger partial charge in [0.05, 0.1) is 5.92 Å². The third-order valence-corrected chi connectivity index (χ3v) is 5.35. The van der Waals surface area contributed by atoms with Crippen LogP contribution in [0.5, 0.6) is 0 Å². The fourth-order valence-corrected chi connectivity index (χ4v) is 3.55. The van der Waals surface area contributed by atoms with Gasteiger partial charge in [0.15, 0.2) is 0 Å². The highest BCUT2D eigenvalue weighted by atomic mass is 19.4. The minimum absolute atomic E-state index is 0.100. The van der Waals surface area contributed by atoms with Gasteiger partial charge in [0.1, 0.15) is 11.5 Å². The van der Waals surface area contributed by atoms with E-state index in [1.165, 1.54) is 6.07 Å². The Bertz CT molecular complexity index is 842. The maximum atomic E-state index is 13.2. The van der Waals surface area contributed by atoms with Crippen LogP contribution in [0, 0.1) is 0 Å². The molecule has 1 fully saturated rings. The van der Waals surface area contributed by atoms with Crippen molar-refractivity contribution in [3.63, 3.8) is 0 Å². The minimum Gasteiger partial charge on any atom is -0.354 e. The molecule has 2 aromatic rings. The van der Waals surface area contributed by atoms with Gasteiger partial charge in [-0.3, -0.25) is 9.78 Å². The first kappa shape index (κ1) is 21.1. The smallest absolute Gasteiger partial charge is 0.354 e. The number of rotatable bonds is 5. The molecule has 29 heavy (non-hydrogen) atoms. The zero-order valence-corrected chi connectivity index (χ0v) is 16.5. The molecule has 0 spiro atoms. The largest absolute Gasteiger partial charge is 0.433 e. The molecule has 8 heteroatoms. The van der Waals surface area contributed by atoms with Crippen LogP contribution >= 0.6 is 0 Å². The van der Waals surface area contributed by atoms with E-state index in [1.807, 2.05) is 17.9 Å². The number of amides is 1. The van der Waals surface area contributed by atoms with Crippen LogP contribution in [0.3, 0.4) is 0 Å². The molecule has 0 radical (unpaired) electrons. The first-order valence-corrected chi connectivity index (χ1v) is 9.78. The van der Waals surface area contributed by atoms with Crippen molar-refractivity contribution in [2.75, 3.05) is 11.4 Å². The SMILES string of the molecule is CC(C(=O)NCc1ccc(C(F)(F)F)nc1N1CCCCC1C)c1cccnc1. The van der Waals surface area contributed by atoms with E-state index in [4.69, 9.17) is 0 Å². The van der Waals surface area contributed by atoms with Crippen molar-refractivity contribution in [1.82, 2.24) is 15.3 Å². The summed E-state index contributed by atoms with van der Waals surface area (Å²) in [5, 5.41) is 2.84. The molecule has 0 aliphatic carbocycles. The fraction of sp³-hybridized carbons (Fsp3) is 0.476. The number of hydrogen-bond donors (Lipinski definition) is 1. The van der Waals surface area contributed by atoms with Crippen LogP contribution in [0.4, 0.5) is 19.0 Å². The number of nitrogens with zero attached hydrogens (tertiary/aromatic N) is 3. The van der Waals surface area contributed by atoms with Crippen LogP contribution in [-0.4, -0.2) is 28.5 Å². The normalized spacial score (nSPS) is 18.4. The Morgan fingerprint density at radius 2 is 2.10 bits per heavy atom. The second kappa shape index (κ2) is 8.80. The third kappa shape index (κ3) is 5.05. The lowest BCUT2D eigenvalue weighted by Crippen LogP contribution is -2.39. The molecule has 0 aromatic carbocycles. The molecule has 1 amide bonds. The molecular weight excluding hydrogens is 381 g/mol. The number of pyridine rings is 2. The summed E-state index contributed by atoms with van der Waals surface area (Å²) in [6.07, 6.45) is 1.61. The predicted octanol–water partition coefficient (Wildman–Crippen LogP) is 4.29. The van der Waals surface area contributed by atoms with Crippen molar-refractivity contribution in [3.05, 3.63) is 53.5 Å². The summed E-state index contributed by atoms with van der Waals surface area (Å²) in [7, 11) is 0. The number of hydrogen-bond acceptors (Lipinski definition) is 4. The minimum atomic E-state index is -4.51. The van der Waals surface area contributed by atoms with Crippen LogP contribution in [-0.2, 0) is 17.5 Å². The molecule has 2 atom stereocenters. The molecule has 3 rings (SSSR count). The summed E-state index contributed by atoms with van der Waals surface area (Å²) in [4.78, 5) is 22.4. The zero-order valence-electron chi connectivity index (χ0n) is 16.5. The Morgan fingerprint density at radius 1 is 1.31 bits per heavy atom. The van der Waals surface area contributed by atoms with Crippen LogP contribution in [0.25, 0.3) is 0 Å². The van der Waals surface area contributed by atoms with Gasteiger partial charge in [-0.15, -0.1) is 0 Å². The number of nitrogens with one attached hydrogen (secondary N) is 1. The Balaban J connectivity index is 1.81. The summed E-state index contributed by atoms with van der Waals surface area (Å²) in [5.41, 5.74) is 0.447. The van der Waals surface area contributed by atoms with E-state index in [0.717, 1.165) is 30.9 Å². The van der Waals surface area contributed by atoms with E-state index in [2.05, 4.69) is 15.3 Å². The summed E-state index contributed by atoms with van der Waals surface area (Å²) in [6.45, 7) is 4.54. The Morgan fingerprint density at radius 3 is 2.76 bits per heavy atom. The van der Waals surface area contributed by atoms with Crippen LogP contribution in [0.1, 0.15) is 55.8 Å². The average molecular weight is 406 g/mol. The number of halogens is 3. The maximum Gasteiger partial charge on any atom is 0.433 e. The van der Waals surface area contributed by atoms with Gasteiger partial charge in [0.25, 0.3) is 0 Å². The molecule has 0 bridgehead atoms.